The van der Waals surface area contributed by atoms with Gasteiger partial charge in [-0.2, -0.15) is 0 Å². The smallest absolute Gasteiger partial charge is 0.220 e. The third-order valence-corrected chi connectivity index (χ3v) is 5.78. The van der Waals surface area contributed by atoms with E-state index in [2.05, 4.69) is 31.1 Å². The molecule has 124 valence electrons. The summed E-state index contributed by atoms with van der Waals surface area (Å²) < 4.78 is 0. The second kappa shape index (κ2) is 13.5. The topological polar surface area (TPSA) is 67.2 Å². The van der Waals surface area contributed by atoms with Gasteiger partial charge in [0.2, 0.25) is 5.91 Å². The summed E-state index contributed by atoms with van der Waals surface area (Å²) in [6, 6.07) is 0. The molecule has 6 heteroatoms. The predicted octanol–water partition coefficient (Wildman–Crippen LogP) is 2.56. The first-order chi connectivity index (χ1) is 10.1. The van der Waals surface area contributed by atoms with Crippen molar-refractivity contribution in [3.8, 4) is 0 Å². The Hall–Kier alpha value is -0.170. The fraction of sp³-hybridized carbons (Fsp3) is 0.800. The first kappa shape index (κ1) is 20.8. The zero-order valence-electron chi connectivity index (χ0n) is 13.5. The molecule has 0 aromatic carbocycles. The molecule has 0 aromatic heterocycles. The molecule has 0 rings (SSSR count). The number of carbonyl (C=O) groups is 1. The molecule has 0 bridgehead atoms. The average Bonchev–Trinajstić information content (AvgIpc) is 2.51. The number of rotatable bonds is 14. The van der Waals surface area contributed by atoms with Crippen LogP contribution < -0.4 is 16.4 Å². The second-order valence-corrected chi connectivity index (χ2v) is 7.63. The van der Waals surface area contributed by atoms with Gasteiger partial charge in [-0.05, 0) is 25.8 Å². The van der Waals surface area contributed by atoms with E-state index in [0.29, 0.717) is 13.0 Å². The zero-order chi connectivity index (χ0) is 16.0. The van der Waals surface area contributed by atoms with Crippen molar-refractivity contribution in [1.82, 2.24) is 10.6 Å². The Labute approximate surface area is 137 Å². The van der Waals surface area contributed by atoms with Gasteiger partial charge in [0.25, 0.3) is 0 Å². The number of nitrogens with two attached hydrogens (primary N) is 1. The molecular weight excluding hydrogens is 302 g/mol. The predicted molar refractivity (Wildman–Crippen MR) is 97.7 cm³/mol. The van der Waals surface area contributed by atoms with Crippen LogP contribution in [-0.2, 0) is 4.79 Å². The number of nitrogens with one attached hydrogen (secondary N) is 2. The minimum atomic E-state index is -0.112. The summed E-state index contributed by atoms with van der Waals surface area (Å²) in [5, 5.41) is 6.48. The van der Waals surface area contributed by atoms with Crippen LogP contribution in [0.4, 0.5) is 0 Å². The van der Waals surface area contributed by atoms with Gasteiger partial charge in [0.05, 0.1) is 0 Å². The molecule has 0 saturated heterocycles. The van der Waals surface area contributed by atoms with Gasteiger partial charge in [-0.15, -0.1) is 6.58 Å². The molecule has 21 heavy (non-hydrogen) atoms. The summed E-state index contributed by atoms with van der Waals surface area (Å²) in [5.41, 5.74) is 5.30. The van der Waals surface area contributed by atoms with Gasteiger partial charge in [-0.1, -0.05) is 41.5 Å². The van der Waals surface area contributed by atoms with Gasteiger partial charge in [-0.25, -0.2) is 0 Å². The molecule has 0 saturated carbocycles. The molecule has 4 nitrogen and oxygen atoms in total. The summed E-state index contributed by atoms with van der Waals surface area (Å²) in [4.78, 5) is 11.9. The molecule has 4 N–H and O–H groups in total. The van der Waals surface area contributed by atoms with Gasteiger partial charge in [0.1, 0.15) is 0 Å². The molecule has 0 aliphatic heterocycles. The van der Waals surface area contributed by atoms with Gasteiger partial charge in [0, 0.05) is 36.6 Å². The third-order valence-electron chi connectivity index (χ3n) is 3.34. The summed E-state index contributed by atoms with van der Waals surface area (Å²) in [6.07, 6.45) is 5.33. The number of hydrogen-bond acceptors (Lipinski definition) is 5. The Morgan fingerprint density at radius 2 is 2.00 bits per heavy atom. The fourth-order valence-electron chi connectivity index (χ4n) is 1.91. The lowest BCUT2D eigenvalue weighted by Gasteiger charge is -2.30. The summed E-state index contributed by atoms with van der Waals surface area (Å²) in [6.45, 7) is 10.6. The molecule has 0 radical (unpaired) electrons. The highest BCUT2D eigenvalue weighted by molar-refractivity contribution is 8.76. The van der Waals surface area contributed by atoms with Crippen molar-refractivity contribution in [3.05, 3.63) is 12.7 Å². The van der Waals surface area contributed by atoms with Crippen LogP contribution in [0.25, 0.3) is 0 Å². The summed E-state index contributed by atoms with van der Waals surface area (Å²) in [5.74, 6) is 2.00. The molecule has 1 atom stereocenters. The van der Waals surface area contributed by atoms with E-state index < -0.39 is 0 Å². The molecule has 0 unspecified atom stereocenters. The van der Waals surface area contributed by atoms with Gasteiger partial charge < -0.3 is 16.4 Å². The molecule has 0 heterocycles. The molecule has 0 fully saturated rings. The van der Waals surface area contributed by atoms with Crippen molar-refractivity contribution in [2.75, 3.05) is 31.1 Å². The molecule has 0 aliphatic rings. The highest BCUT2D eigenvalue weighted by Gasteiger charge is 2.23. The van der Waals surface area contributed by atoms with E-state index in [1.807, 2.05) is 6.08 Å². The van der Waals surface area contributed by atoms with Crippen LogP contribution in [0.15, 0.2) is 12.7 Å². The minimum Gasteiger partial charge on any atom is -0.355 e. The van der Waals surface area contributed by atoms with E-state index in [4.69, 9.17) is 5.73 Å². The van der Waals surface area contributed by atoms with Crippen LogP contribution in [0.3, 0.4) is 0 Å². The first-order valence-corrected chi connectivity index (χ1v) is 10.2. The summed E-state index contributed by atoms with van der Waals surface area (Å²) in [7, 11) is 3.51. The number of carbonyl (C=O) groups excluding carboxylic acids is 1. The monoisotopic (exact) mass is 333 g/mol. The van der Waals surface area contributed by atoms with Crippen LogP contribution in [0, 0.1) is 0 Å². The van der Waals surface area contributed by atoms with Crippen LogP contribution in [0.1, 0.15) is 39.5 Å². The van der Waals surface area contributed by atoms with Crippen molar-refractivity contribution >= 4 is 27.5 Å². The van der Waals surface area contributed by atoms with Crippen LogP contribution in [0.5, 0.6) is 0 Å². The Balaban J connectivity index is 3.89. The van der Waals surface area contributed by atoms with Crippen LogP contribution >= 0.6 is 21.6 Å². The maximum Gasteiger partial charge on any atom is 0.220 e. The maximum absolute atomic E-state index is 11.9. The molecular formula is C15H31N3OS2. The second-order valence-electron chi connectivity index (χ2n) is 4.92. The fourth-order valence-corrected chi connectivity index (χ4v) is 3.67. The highest BCUT2D eigenvalue weighted by Crippen LogP contribution is 2.20. The number of amides is 1. The summed E-state index contributed by atoms with van der Waals surface area (Å²) >= 11 is 0. The Morgan fingerprint density at radius 1 is 1.29 bits per heavy atom. The van der Waals surface area contributed by atoms with E-state index >= 15 is 0 Å². The average molecular weight is 334 g/mol. The SMILES string of the molecule is C=C[C@](CC)(CCC(=O)NCCSSCCN)NCCC. The van der Waals surface area contributed by atoms with E-state index in [-0.39, 0.29) is 11.4 Å². The highest BCUT2D eigenvalue weighted by atomic mass is 33.1. The van der Waals surface area contributed by atoms with Gasteiger partial charge in [0.15, 0.2) is 0 Å². The lowest BCUT2D eigenvalue weighted by molar-refractivity contribution is -0.121. The molecule has 0 aromatic rings. The van der Waals surface area contributed by atoms with E-state index in [1.165, 1.54) is 0 Å². The van der Waals surface area contributed by atoms with Crippen molar-refractivity contribution in [2.45, 2.75) is 45.1 Å². The quantitative estimate of drug-likeness (QED) is 0.259. The molecule has 0 aliphatic carbocycles. The molecule has 0 spiro atoms. The first-order valence-electron chi connectivity index (χ1n) is 7.74. The standard InChI is InChI=1S/C15H31N3OS2/c1-4-10-18-15(5-2,6-3)8-7-14(19)17-11-13-21-20-12-9-16/h5,18H,2,4,6-13,16H2,1,3H3,(H,17,19)/t15-/m0/s1. The largest absolute Gasteiger partial charge is 0.355 e. The zero-order valence-corrected chi connectivity index (χ0v) is 15.1. The van der Waals surface area contributed by atoms with E-state index in [1.54, 1.807) is 21.6 Å². The third kappa shape index (κ3) is 10.2. The van der Waals surface area contributed by atoms with Crippen LogP contribution in [-0.4, -0.2) is 42.6 Å². The van der Waals surface area contributed by atoms with E-state index in [0.717, 1.165) is 43.9 Å². The number of hydrogen-bond donors (Lipinski definition) is 3. The Kier molecular flexibility index (Phi) is 13.4. The molecule has 1 amide bonds. The van der Waals surface area contributed by atoms with Gasteiger partial charge >= 0.3 is 0 Å². The van der Waals surface area contributed by atoms with Crippen molar-refractivity contribution in [1.29, 1.82) is 0 Å². The minimum absolute atomic E-state index is 0.112. The Bertz CT molecular complexity index is 290. The van der Waals surface area contributed by atoms with Gasteiger partial charge in [-0.3, -0.25) is 4.79 Å². The maximum atomic E-state index is 11.9. The Morgan fingerprint density at radius 3 is 2.57 bits per heavy atom. The van der Waals surface area contributed by atoms with Crippen molar-refractivity contribution in [2.24, 2.45) is 5.73 Å². The lowest BCUT2D eigenvalue weighted by Crippen LogP contribution is -2.44. The lowest BCUT2D eigenvalue weighted by atomic mass is 9.90. The van der Waals surface area contributed by atoms with Crippen molar-refractivity contribution < 1.29 is 4.79 Å². The normalized spacial score (nSPS) is 13.7. The van der Waals surface area contributed by atoms with Crippen molar-refractivity contribution in [3.63, 3.8) is 0 Å². The van der Waals surface area contributed by atoms with Crippen LogP contribution in [0.2, 0.25) is 0 Å². The van der Waals surface area contributed by atoms with E-state index in [9.17, 15) is 4.79 Å².